The van der Waals surface area contributed by atoms with Gasteiger partial charge in [-0.15, -0.1) is 15.3 Å². The quantitative estimate of drug-likeness (QED) is 0.662. The van der Waals surface area contributed by atoms with Gasteiger partial charge >= 0.3 is 6.18 Å². The molecule has 0 unspecified atom stereocenters. The van der Waals surface area contributed by atoms with Crippen LogP contribution >= 0.6 is 0 Å². The fourth-order valence-corrected chi connectivity index (χ4v) is 2.40. The van der Waals surface area contributed by atoms with Crippen LogP contribution in [0.25, 0.3) is 17.2 Å². The minimum atomic E-state index is -4.94. The number of aromatic nitrogens is 5. The molecule has 0 saturated heterocycles. The highest BCUT2D eigenvalue weighted by Gasteiger charge is 2.37. The molecular weight excluding hydrogens is 399 g/mol. The molecule has 3 aromatic rings. The Balaban J connectivity index is 2.19. The van der Waals surface area contributed by atoms with Crippen LogP contribution in [0.15, 0.2) is 35.4 Å². The fraction of sp³-hybridized carbons (Fsp3) is 0.0769. The normalized spacial score (nSPS) is 12.4. The summed E-state index contributed by atoms with van der Waals surface area (Å²) in [4.78, 5) is 3.30. The van der Waals surface area contributed by atoms with E-state index < -0.39 is 44.5 Å². The van der Waals surface area contributed by atoms with Gasteiger partial charge in [0.2, 0.25) is 0 Å². The molecule has 0 aliphatic rings. The Morgan fingerprint density at radius 1 is 1.00 bits per heavy atom. The smallest absolute Gasteiger partial charge is 0.223 e. The van der Waals surface area contributed by atoms with Gasteiger partial charge in [-0.1, -0.05) is 0 Å². The maximum atomic E-state index is 13.5. The van der Waals surface area contributed by atoms with Crippen molar-refractivity contribution in [3.05, 3.63) is 47.8 Å². The first-order valence-electron chi connectivity index (χ1n) is 6.83. The van der Waals surface area contributed by atoms with Crippen molar-refractivity contribution in [2.75, 3.05) is 0 Å². The van der Waals surface area contributed by atoms with E-state index in [2.05, 4.69) is 20.3 Å². The van der Waals surface area contributed by atoms with Crippen molar-refractivity contribution in [3.63, 3.8) is 0 Å². The summed E-state index contributed by atoms with van der Waals surface area (Å²) in [6.07, 6.45) is -4.94. The van der Waals surface area contributed by atoms with Crippen LogP contribution < -0.4 is 5.14 Å². The van der Waals surface area contributed by atoms with Gasteiger partial charge in [-0.2, -0.15) is 17.9 Å². The lowest BCUT2D eigenvalue weighted by Gasteiger charge is -2.05. The predicted molar refractivity (Wildman–Crippen MR) is 78.7 cm³/mol. The molecule has 0 aliphatic carbocycles. The molecular formula is C13H7F5N6O2S. The molecule has 0 atom stereocenters. The van der Waals surface area contributed by atoms with Gasteiger partial charge < -0.3 is 0 Å². The monoisotopic (exact) mass is 406 g/mol. The molecule has 2 heterocycles. The Morgan fingerprint density at radius 2 is 1.70 bits per heavy atom. The average molecular weight is 406 g/mol. The molecule has 0 amide bonds. The fourth-order valence-electron chi connectivity index (χ4n) is 1.99. The van der Waals surface area contributed by atoms with Crippen molar-refractivity contribution in [3.8, 4) is 17.2 Å². The Kier molecular flexibility index (Phi) is 4.39. The lowest BCUT2D eigenvalue weighted by atomic mass is 10.2. The standard InChI is InChI=1S/C13H7F5N6O2S/c14-7-2-1-6(5-8(7)15)11-20-12(13(16,17)18)23-24(11)9-3-4-10(22-21-9)27(19,25)26/h1-5H,(H2,19,25,26). The van der Waals surface area contributed by atoms with E-state index in [9.17, 15) is 30.4 Å². The summed E-state index contributed by atoms with van der Waals surface area (Å²) >= 11 is 0. The minimum Gasteiger partial charge on any atom is -0.223 e. The number of primary sulfonamides is 1. The van der Waals surface area contributed by atoms with E-state index in [1.807, 2.05) is 0 Å². The second-order valence-corrected chi connectivity index (χ2v) is 6.58. The summed E-state index contributed by atoms with van der Waals surface area (Å²) in [5.74, 6) is -4.96. The first-order valence-corrected chi connectivity index (χ1v) is 8.38. The third-order valence-electron chi connectivity index (χ3n) is 3.17. The molecule has 0 fully saturated rings. The van der Waals surface area contributed by atoms with Crippen molar-refractivity contribution in [1.82, 2.24) is 25.0 Å². The lowest BCUT2D eigenvalue weighted by molar-refractivity contribution is -0.144. The molecule has 2 aromatic heterocycles. The number of halogens is 5. The summed E-state index contributed by atoms with van der Waals surface area (Å²) in [6.45, 7) is 0. The van der Waals surface area contributed by atoms with Crippen LogP contribution in [0.4, 0.5) is 22.0 Å². The van der Waals surface area contributed by atoms with Crippen molar-refractivity contribution < 1.29 is 30.4 Å². The Hall–Kier alpha value is -3.00. The molecule has 27 heavy (non-hydrogen) atoms. The van der Waals surface area contributed by atoms with Crippen LogP contribution in [0, 0.1) is 11.6 Å². The zero-order valence-corrected chi connectivity index (χ0v) is 13.6. The third-order valence-corrected chi connectivity index (χ3v) is 3.97. The Labute approximate surface area is 147 Å². The zero-order valence-electron chi connectivity index (χ0n) is 12.8. The first kappa shape index (κ1) is 18.8. The molecule has 14 heteroatoms. The predicted octanol–water partition coefficient (Wildman–Crippen LogP) is 1.67. The van der Waals surface area contributed by atoms with Gasteiger partial charge in [-0.05, 0) is 30.3 Å². The van der Waals surface area contributed by atoms with Gasteiger partial charge in [-0.25, -0.2) is 27.3 Å². The Bertz CT molecular complexity index is 1110. The number of benzene rings is 1. The van der Waals surface area contributed by atoms with Crippen molar-refractivity contribution in [1.29, 1.82) is 0 Å². The summed E-state index contributed by atoms with van der Waals surface area (Å²) < 4.78 is 88.4. The Morgan fingerprint density at radius 3 is 2.22 bits per heavy atom. The summed E-state index contributed by atoms with van der Waals surface area (Å²) in [7, 11) is -4.18. The molecule has 1 aromatic carbocycles. The molecule has 142 valence electrons. The number of hydrogen-bond acceptors (Lipinski definition) is 6. The van der Waals surface area contributed by atoms with E-state index >= 15 is 0 Å². The number of nitrogens with two attached hydrogens (primary N) is 1. The van der Waals surface area contributed by atoms with Gasteiger partial charge in [-0.3, -0.25) is 0 Å². The van der Waals surface area contributed by atoms with Crippen LogP contribution in [0.3, 0.4) is 0 Å². The van der Waals surface area contributed by atoms with Crippen LogP contribution in [-0.2, 0) is 16.2 Å². The van der Waals surface area contributed by atoms with Crippen LogP contribution in [0.2, 0.25) is 0 Å². The highest BCUT2D eigenvalue weighted by molar-refractivity contribution is 7.89. The van der Waals surface area contributed by atoms with E-state index in [0.29, 0.717) is 16.8 Å². The summed E-state index contributed by atoms with van der Waals surface area (Å²) in [5.41, 5.74) is -0.228. The molecule has 0 radical (unpaired) electrons. The maximum absolute atomic E-state index is 13.5. The summed E-state index contributed by atoms with van der Waals surface area (Å²) in [5, 5.41) is 14.2. The zero-order chi connectivity index (χ0) is 20.0. The van der Waals surface area contributed by atoms with E-state index in [-0.39, 0.29) is 11.4 Å². The number of hydrogen-bond donors (Lipinski definition) is 1. The van der Waals surface area contributed by atoms with Crippen LogP contribution in [-0.4, -0.2) is 33.4 Å². The van der Waals surface area contributed by atoms with Gasteiger partial charge in [0.25, 0.3) is 15.8 Å². The van der Waals surface area contributed by atoms with Crippen LogP contribution in [0.1, 0.15) is 5.82 Å². The van der Waals surface area contributed by atoms with Gasteiger partial charge in [0, 0.05) is 5.56 Å². The van der Waals surface area contributed by atoms with E-state index in [1.165, 1.54) is 0 Å². The number of nitrogens with zero attached hydrogens (tertiary/aromatic N) is 5. The van der Waals surface area contributed by atoms with Gasteiger partial charge in [0.15, 0.2) is 28.3 Å². The second kappa shape index (κ2) is 6.31. The van der Waals surface area contributed by atoms with Crippen molar-refractivity contribution in [2.24, 2.45) is 5.14 Å². The lowest BCUT2D eigenvalue weighted by Crippen LogP contribution is -2.15. The molecule has 0 saturated carbocycles. The highest BCUT2D eigenvalue weighted by atomic mass is 32.2. The van der Waals surface area contributed by atoms with E-state index in [1.54, 1.807) is 0 Å². The highest BCUT2D eigenvalue weighted by Crippen LogP contribution is 2.30. The van der Waals surface area contributed by atoms with E-state index in [4.69, 9.17) is 5.14 Å². The van der Waals surface area contributed by atoms with E-state index in [0.717, 1.165) is 18.2 Å². The first-order chi connectivity index (χ1) is 12.5. The molecule has 0 spiro atoms. The maximum Gasteiger partial charge on any atom is 0.453 e. The van der Waals surface area contributed by atoms with Crippen LogP contribution in [0.5, 0.6) is 0 Å². The van der Waals surface area contributed by atoms with Crippen molar-refractivity contribution in [2.45, 2.75) is 11.2 Å². The molecule has 2 N–H and O–H groups in total. The second-order valence-electron chi connectivity index (χ2n) is 5.07. The summed E-state index contributed by atoms with van der Waals surface area (Å²) in [6, 6.07) is 4.19. The molecule has 8 nitrogen and oxygen atoms in total. The number of sulfonamides is 1. The number of rotatable bonds is 3. The van der Waals surface area contributed by atoms with Gasteiger partial charge in [0.1, 0.15) is 0 Å². The third kappa shape index (κ3) is 3.75. The largest absolute Gasteiger partial charge is 0.453 e. The van der Waals surface area contributed by atoms with Gasteiger partial charge in [0.05, 0.1) is 0 Å². The molecule has 0 bridgehead atoms. The SMILES string of the molecule is NS(=O)(=O)c1ccc(-n2nc(C(F)(F)F)nc2-c2ccc(F)c(F)c2)nn1. The average Bonchev–Trinajstić information content (AvgIpc) is 3.02. The number of alkyl halides is 3. The minimum absolute atomic E-state index is 0.228. The molecule has 0 aliphatic heterocycles. The van der Waals surface area contributed by atoms with Crippen molar-refractivity contribution >= 4 is 10.0 Å². The topological polar surface area (TPSA) is 117 Å². The molecule has 3 rings (SSSR count).